The Labute approximate surface area is 119 Å². The molecule has 0 aliphatic rings. The summed E-state index contributed by atoms with van der Waals surface area (Å²) < 4.78 is 6.35. The van der Waals surface area contributed by atoms with Crippen LogP contribution < -0.4 is 4.74 Å². The van der Waals surface area contributed by atoms with Gasteiger partial charge in [-0.2, -0.15) is 0 Å². The van der Waals surface area contributed by atoms with Gasteiger partial charge in [-0.15, -0.1) is 0 Å². The average Bonchev–Trinajstić information content (AvgIpc) is 2.38. The molecule has 2 aromatic carbocycles. The van der Waals surface area contributed by atoms with Gasteiger partial charge < -0.3 is 4.74 Å². The van der Waals surface area contributed by atoms with Gasteiger partial charge in [-0.05, 0) is 51.8 Å². The van der Waals surface area contributed by atoms with Crippen molar-refractivity contribution in [2.24, 2.45) is 0 Å². The van der Waals surface area contributed by atoms with E-state index in [0.29, 0.717) is 22.9 Å². The second-order valence-corrected chi connectivity index (χ2v) is 5.01. The maximum Gasteiger partial charge on any atom is 0.151 e. The van der Waals surface area contributed by atoms with E-state index in [1.54, 1.807) is 18.2 Å². The third kappa shape index (κ3) is 3.34. The molecule has 0 fully saturated rings. The van der Waals surface area contributed by atoms with Gasteiger partial charge in [-0.1, -0.05) is 23.7 Å². The van der Waals surface area contributed by atoms with Gasteiger partial charge in [-0.3, -0.25) is 4.79 Å². The summed E-state index contributed by atoms with van der Waals surface area (Å²) in [5.74, 6) is 0.711. The fourth-order valence-corrected chi connectivity index (χ4v) is 2.02. The molecule has 0 aromatic heterocycles. The van der Waals surface area contributed by atoms with Crippen molar-refractivity contribution in [2.75, 3.05) is 0 Å². The molecule has 2 nitrogen and oxygen atoms in total. The van der Waals surface area contributed by atoms with Gasteiger partial charge in [0.15, 0.2) is 6.29 Å². The van der Waals surface area contributed by atoms with E-state index in [9.17, 15) is 4.79 Å². The zero-order valence-corrected chi connectivity index (χ0v) is 11.7. The zero-order chi connectivity index (χ0) is 13.0. The van der Waals surface area contributed by atoms with Crippen molar-refractivity contribution in [3.63, 3.8) is 0 Å². The first-order valence-corrected chi connectivity index (χ1v) is 6.48. The highest BCUT2D eigenvalue weighted by atomic mass is 79.9. The van der Waals surface area contributed by atoms with Crippen LogP contribution in [-0.2, 0) is 6.61 Å². The Bertz CT molecular complexity index is 552. The molecule has 18 heavy (non-hydrogen) atoms. The van der Waals surface area contributed by atoms with Crippen LogP contribution in [0.1, 0.15) is 15.9 Å². The zero-order valence-electron chi connectivity index (χ0n) is 9.40. The molecular formula is C14H10BrClO2. The van der Waals surface area contributed by atoms with Crippen LogP contribution in [0.3, 0.4) is 0 Å². The van der Waals surface area contributed by atoms with Crippen molar-refractivity contribution < 1.29 is 9.53 Å². The molecule has 0 saturated heterocycles. The lowest BCUT2D eigenvalue weighted by atomic mass is 10.2. The summed E-state index contributed by atoms with van der Waals surface area (Å²) in [6, 6.07) is 12.7. The van der Waals surface area contributed by atoms with E-state index in [1.807, 2.05) is 24.3 Å². The number of rotatable bonds is 4. The Morgan fingerprint density at radius 3 is 2.50 bits per heavy atom. The summed E-state index contributed by atoms with van der Waals surface area (Å²) >= 11 is 9.12. The molecule has 2 aromatic rings. The van der Waals surface area contributed by atoms with E-state index in [4.69, 9.17) is 16.3 Å². The molecule has 0 heterocycles. The molecule has 0 spiro atoms. The Balaban J connectivity index is 2.04. The first-order valence-electron chi connectivity index (χ1n) is 5.31. The van der Waals surface area contributed by atoms with Crippen LogP contribution in [0.5, 0.6) is 5.75 Å². The smallest absolute Gasteiger partial charge is 0.151 e. The summed E-state index contributed by atoms with van der Waals surface area (Å²) in [6.07, 6.45) is 0.799. The predicted molar refractivity (Wildman–Crippen MR) is 75.3 cm³/mol. The minimum absolute atomic E-state index is 0.462. The van der Waals surface area contributed by atoms with Crippen LogP contribution in [-0.4, -0.2) is 6.29 Å². The van der Waals surface area contributed by atoms with Crippen molar-refractivity contribution in [1.29, 1.82) is 0 Å². The molecule has 4 heteroatoms. The number of ether oxygens (including phenoxy) is 1. The summed E-state index contributed by atoms with van der Waals surface area (Å²) in [5, 5.41) is 0.705. The third-order valence-electron chi connectivity index (χ3n) is 2.42. The number of carbonyl (C=O) groups excluding carboxylic acids is 1. The molecule has 0 amide bonds. The predicted octanol–water partition coefficient (Wildman–Crippen LogP) is 4.49. The highest BCUT2D eigenvalue weighted by Gasteiger charge is 2.01. The molecule has 92 valence electrons. The van der Waals surface area contributed by atoms with Gasteiger partial charge in [0.1, 0.15) is 12.4 Å². The second kappa shape index (κ2) is 6.03. The van der Waals surface area contributed by atoms with E-state index < -0.39 is 0 Å². The minimum Gasteiger partial charge on any atom is -0.489 e. The minimum atomic E-state index is 0.462. The molecule has 0 aliphatic heterocycles. The van der Waals surface area contributed by atoms with E-state index in [0.717, 1.165) is 16.3 Å². The molecule has 0 unspecified atom stereocenters. The molecule has 0 saturated carbocycles. The van der Waals surface area contributed by atoms with E-state index in [1.165, 1.54) is 0 Å². The highest BCUT2D eigenvalue weighted by Crippen LogP contribution is 2.22. The first-order chi connectivity index (χ1) is 8.69. The van der Waals surface area contributed by atoms with Crippen LogP contribution in [0.4, 0.5) is 0 Å². The van der Waals surface area contributed by atoms with Gasteiger partial charge in [0.25, 0.3) is 0 Å². The van der Waals surface area contributed by atoms with E-state index >= 15 is 0 Å². The normalized spacial score (nSPS) is 10.1. The van der Waals surface area contributed by atoms with Crippen LogP contribution in [0.15, 0.2) is 46.9 Å². The van der Waals surface area contributed by atoms with Crippen molar-refractivity contribution in [3.05, 3.63) is 63.1 Å². The van der Waals surface area contributed by atoms with Crippen molar-refractivity contribution in [1.82, 2.24) is 0 Å². The van der Waals surface area contributed by atoms with Crippen LogP contribution in [0, 0.1) is 0 Å². The van der Waals surface area contributed by atoms with E-state index in [2.05, 4.69) is 15.9 Å². The summed E-state index contributed by atoms with van der Waals surface area (Å²) in [5.41, 5.74) is 1.64. The first kappa shape index (κ1) is 13.1. The van der Waals surface area contributed by atoms with Gasteiger partial charge in [0.2, 0.25) is 0 Å². The lowest BCUT2D eigenvalue weighted by Crippen LogP contribution is -1.95. The van der Waals surface area contributed by atoms with Crippen molar-refractivity contribution in [2.45, 2.75) is 6.61 Å². The maximum atomic E-state index is 10.7. The fraction of sp³-hybridized carbons (Fsp3) is 0.0714. The molecule has 0 radical (unpaired) electrons. The number of aldehydes is 1. The average molecular weight is 326 g/mol. The Morgan fingerprint density at radius 2 is 1.89 bits per heavy atom. The Morgan fingerprint density at radius 1 is 1.17 bits per heavy atom. The van der Waals surface area contributed by atoms with Crippen molar-refractivity contribution >= 4 is 33.8 Å². The number of halogens is 2. The fourth-order valence-electron chi connectivity index (χ4n) is 1.44. The quantitative estimate of drug-likeness (QED) is 0.774. The van der Waals surface area contributed by atoms with Crippen LogP contribution in [0.2, 0.25) is 5.02 Å². The molecule has 2 rings (SSSR count). The van der Waals surface area contributed by atoms with Gasteiger partial charge in [0.05, 0.1) is 0 Å². The summed E-state index contributed by atoms with van der Waals surface area (Å²) in [7, 11) is 0. The van der Waals surface area contributed by atoms with Crippen LogP contribution in [0.25, 0.3) is 0 Å². The Kier molecular flexibility index (Phi) is 4.39. The lowest BCUT2D eigenvalue weighted by Gasteiger charge is -2.07. The van der Waals surface area contributed by atoms with Crippen LogP contribution >= 0.6 is 27.5 Å². The number of hydrogen-bond donors (Lipinski definition) is 0. The summed E-state index contributed by atoms with van der Waals surface area (Å²) in [6.45, 7) is 0.462. The third-order valence-corrected chi connectivity index (χ3v) is 3.36. The number of benzene rings is 2. The van der Waals surface area contributed by atoms with Gasteiger partial charge >= 0.3 is 0 Å². The number of hydrogen-bond acceptors (Lipinski definition) is 2. The highest BCUT2D eigenvalue weighted by molar-refractivity contribution is 9.10. The molecule has 0 aliphatic carbocycles. The number of carbonyl (C=O) groups is 1. The topological polar surface area (TPSA) is 26.3 Å². The molecule has 0 atom stereocenters. The van der Waals surface area contributed by atoms with Gasteiger partial charge in [0, 0.05) is 15.1 Å². The Hall–Kier alpha value is -1.32. The summed E-state index contributed by atoms with van der Waals surface area (Å²) in [4.78, 5) is 10.7. The SMILES string of the molecule is O=Cc1ccc(OCc2ccc(Cl)cc2)cc1Br. The molecule has 0 bridgehead atoms. The van der Waals surface area contributed by atoms with Gasteiger partial charge in [-0.25, -0.2) is 0 Å². The lowest BCUT2D eigenvalue weighted by molar-refractivity contribution is 0.112. The molecular weight excluding hydrogens is 316 g/mol. The monoisotopic (exact) mass is 324 g/mol. The largest absolute Gasteiger partial charge is 0.489 e. The van der Waals surface area contributed by atoms with E-state index in [-0.39, 0.29) is 0 Å². The molecule has 0 N–H and O–H groups in total. The maximum absolute atomic E-state index is 10.7. The second-order valence-electron chi connectivity index (χ2n) is 3.72. The van der Waals surface area contributed by atoms with Crippen molar-refractivity contribution in [3.8, 4) is 5.75 Å². The standard InChI is InChI=1S/C14H10BrClO2/c15-14-7-13(6-3-11(14)8-17)18-9-10-1-4-12(16)5-2-10/h1-8H,9H2.